The largest absolute Gasteiger partial charge is 0.493 e. The maximum Gasteiger partial charge on any atom is 0.306 e. The topological polar surface area (TPSA) is 150 Å². The molecule has 7 heteroatoms. The smallest absolute Gasteiger partial charge is 0.306 e. The molecule has 29 heavy (non-hydrogen) atoms. The average molecular weight is 406 g/mol. The molecule has 2 saturated carbocycles. The lowest BCUT2D eigenvalue weighted by Gasteiger charge is -2.34. The molecule has 0 aliphatic heterocycles. The van der Waals surface area contributed by atoms with E-state index in [0.717, 1.165) is 18.4 Å². The van der Waals surface area contributed by atoms with E-state index >= 15 is 0 Å². The highest BCUT2D eigenvalue weighted by Gasteiger charge is 2.39. The summed E-state index contributed by atoms with van der Waals surface area (Å²) in [4.78, 5) is 11.2. The van der Waals surface area contributed by atoms with Gasteiger partial charge in [0.05, 0.1) is 30.6 Å². The van der Waals surface area contributed by atoms with Gasteiger partial charge in [-0.2, -0.15) is 5.26 Å². The van der Waals surface area contributed by atoms with Gasteiger partial charge in [0.2, 0.25) is 0 Å². The first kappa shape index (κ1) is 26.4. The first-order valence-corrected chi connectivity index (χ1v) is 9.57. The Balaban J connectivity index is 0.00000190. The normalized spacial score (nSPS) is 23.2. The van der Waals surface area contributed by atoms with Crippen LogP contribution in [0.25, 0.3) is 0 Å². The predicted molar refractivity (Wildman–Crippen MR) is 114 cm³/mol. The monoisotopic (exact) mass is 405 g/mol. The number of hydrogen-bond donors (Lipinski definition) is 3. The van der Waals surface area contributed by atoms with Crippen molar-refractivity contribution in [1.82, 2.24) is 12.3 Å². The third-order valence-corrected chi connectivity index (χ3v) is 5.71. The number of carbonyl (C=O) groups is 1. The summed E-state index contributed by atoms with van der Waals surface area (Å²) in [6.45, 7) is 6.00. The van der Waals surface area contributed by atoms with E-state index in [4.69, 9.17) is 9.47 Å². The highest BCUT2D eigenvalue weighted by Crippen LogP contribution is 2.44. The molecule has 0 saturated heterocycles. The highest BCUT2D eigenvalue weighted by atomic mass is 16.5. The first-order chi connectivity index (χ1) is 13.1. The van der Waals surface area contributed by atoms with E-state index in [2.05, 4.69) is 19.2 Å². The molecule has 7 nitrogen and oxygen atoms in total. The minimum absolute atomic E-state index is 0. The molecule has 2 fully saturated rings. The van der Waals surface area contributed by atoms with Gasteiger partial charge in [-0.15, -0.1) is 13.2 Å². The second-order valence-electron chi connectivity index (χ2n) is 7.20. The second-order valence-corrected chi connectivity index (χ2v) is 7.20. The summed E-state index contributed by atoms with van der Waals surface area (Å²) < 4.78 is 11.6. The van der Waals surface area contributed by atoms with Crippen LogP contribution in [0.5, 0.6) is 11.5 Å². The summed E-state index contributed by atoms with van der Waals surface area (Å²) in [5, 5.41) is 19.1. The van der Waals surface area contributed by atoms with Crippen molar-refractivity contribution < 1.29 is 19.4 Å². The van der Waals surface area contributed by atoms with Crippen LogP contribution < -0.4 is 21.8 Å². The maximum atomic E-state index is 11.2. The summed E-state index contributed by atoms with van der Waals surface area (Å²) in [5.41, 5.74) is 0.277. The van der Waals surface area contributed by atoms with Gasteiger partial charge in [0.25, 0.3) is 0 Å². The molecule has 162 valence electrons. The van der Waals surface area contributed by atoms with E-state index in [1.54, 1.807) is 7.11 Å². The van der Waals surface area contributed by atoms with Gasteiger partial charge in [0.15, 0.2) is 11.5 Å². The Kier molecular flexibility index (Phi) is 11.0. The van der Waals surface area contributed by atoms with Crippen molar-refractivity contribution >= 4 is 5.97 Å². The van der Waals surface area contributed by atoms with E-state index in [1.807, 2.05) is 18.2 Å². The fourth-order valence-electron chi connectivity index (χ4n) is 4.07. The molecule has 0 amide bonds. The first-order valence-electron chi connectivity index (χ1n) is 9.57. The zero-order valence-electron chi connectivity index (χ0n) is 17.5. The van der Waals surface area contributed by atoms with Crippen LogP contribution in [0.4, 0.5) is 0 Å². The van der Waals surface area contributed by atoms with Crippen LogP contribution in [-0.4, -0.2) is 24.3 Å². The van der Waals surface area contributed by atoms with Gasteiger partial charge in [-0.3, -0.25) is 4.79 Å². The zero-order chi connectivity index (χ0) is 19.9. The zero-order valence-corrected chi connectivity index (χ0v) is 17.5. The number of carboxylic acids is 1. The number of carboxylic acid groups (broad SMARTS) is 1. The quantitative estimate of drug-likeness (QED) is 0.571. The van der Waals surface area contributed by atoms with Crippen molar-refractivity contribution in [1.29, 1.82) is 5.26 Å². The van der Waals surface area contributed by atoms with Gasteiger partial charge in [-0.25, -0.2) is 0 Å². The van der Waals surface area contributed by atoms with Crippen molar-refractivity contribution in [3.8, 4) is 17.6 Å². The molecule has 0 heterocycles. The molecule has 0 spiro atoms. The predicted octanol–water partition coefficient (Wildman–Crippen LogP) is 5.18. The lowest BCUT2D eigenvalue weighted by molar-refractivity contribution is -0.143. The Morgan fingerprint density at radius 1 is 1.14 bits per heavy atom. The molecule has 0 unspecified atom stereocenters. The molecule has 3 rings (SSSR count). The SMILES string of the molecule is C=C.COc1ccc(C2(C#N)CCC(C(=O)O)CC2)cc1OC1CCCC1.N.N. The van der Waals surface area contributed by atoms with Crippen molar-refractivity contribution in [3.05, 3.63) is 36.9 Å². The van der Waals surface area contributed by atoms with E-state index in [0.29, 0.717) is 37.2 Å². The minimum Gasteiger partial charge on any atom is -0.493 e. The number of hydrogen-bond acceptors (Lipinski definition) is 6. The van der Waals surface area contributed by atoms with Gasteiger partial charge in [-0.05, 0) is 69.1 Å². The van der Waals surface area contributed by atoms with Gasteiger partial charge in [0.1, 0.15) is 0 Å². The summed E-state index contributed by atoms with van der Waals surface area (Å²) in [6.07, 6.45) is 6.89. The molecular weight excluding hydrogens is 370 g/mol. The summed E-state index contributed by atoms with van der Waals surface area (Å²) >= 11 is 0. The number of aliphatic carboxylic acids is 1. The fraction of sp³-hybridized carbons (Fsp3) is 0.545. The van der Waals surface area contributed by atoms with Crippen LogP contribution in [-0.2, 0) is 10.2 Å². The maximum absolute atomic E-state index is 11.2. The van der Waals surface area contributed by atoms with E-state index in [9.17, 15) is 15.2 Å². The summed E-state index contributed by atoms with van der Waals surface area (Å²) in [7, 11) is 1.62. The molecular formula is C22H35N3O4. The van der Waals surface area contributed by atoms with Gasteiger partial charge in [0, 0.05) is 0 Å². The van der Waals surface area contributed by atoms with Crippen LogP contribution in [0.15, 0.2) is 31.4 Å². The van der Waals surface area contributed by atoms with Crippen molar-refractivity contribution in [3.63, 3.8) is 0 Å². The molecule has 0 atom stereocenters. The van der Waals surface area contributed by atoms with Gasteiger partial charge >= 0.3 is 5.97 Å². The molecule has 1 aromatic carbocycles. The Bertz CT molecular complexity index is 688. The fourth-order valence-corrected chi connectivity index (χ4v) is 4.07. The van der Waals surface area contributed by atoms with Gasteiger partial charge < -0.3 is 26.9 Å². The van der Waals surface area contributed by atoms with Crippen molar-refractivity contribution in [2.75, 3.05) is 7.11 Å². The lowest BCUT2D eigenvalue weighted by Crippen LogP contribution is -2.33. The Labute approximate surface area is 173 Å². The molecule has 2 aliphatic rings. The number of rotatable bonds is 5. The lowest BCUT2D eigenvalue weighted by atomic mass is 9.67. The Morgan fingerprint density at radius 2 is 1.72 bits per heavy atom. The van der Waals surface area contributed by atoms with E-state index in [-0.39, 0.29) is 24.3 Å². The van der Waals surface area contributed by atoms with Crippen LogP contribution in [0.3, 0.4) is 0 Å². The van der Waals surface area contributed by atoms with Crippen LogP contribution in [0, 0.1) is 17.2 Å². The summed E-state index contributed by atoms with van der Waals surface area (Å²) in [5.74, 6) is 0.283. The highest BCUT2D eigenvalue weighted by molar-refractivity contribution is 5.70. The number of nitriles is 1. The van der Waals surface area contributed by atoms with Crippen molar-refractivity contribution in [2.45, 2.75) is 62.9 Å². The number of ether oxygens (including phenoxy) is 2. The third kappa shape index (κ3) is 5.96. The van der Waals surface area contributed by atoms with E-state index in [1.165, 1.54) is 12.8 Å². The standard InChI is InChI=1S/C20H25NO4.C2H4.2H3N/c1-24-17-7-6-15(12-18(17)25-16-4-2-3-5-16)20(13-21)10-8-14(9-11-20)19(22)23;1-2;;/h6-7,12,14,16H,2-5,8-11H2,1H3,(H,22,23);1-2H2;2*1H3. The summed E-state index contributed by atoms with van der Waals surface area (Å²) in [6, 6.07) is 8.18. The molecule has 0 aromatic heterocycles. The number of methoxy groups -OCH3 is 1. The van der Waals surface area contributed by atoms with Crippen LogP contribution in [0.1, 0.15) is 56.9 Å². The number of benzene rings is 1. The molecule has 7 N–H and O–H groups in total. The minimum atomic E-state index is -0.758. The van der Waals surface area contributed by atoms with Gasteiger partial charge in [-0.1, -0.05) is 6.07 Å². The van der Waals surface area contributed by atoms with E-state index < -0.39 is 11.4 Å². The molecule has 0 bridgehead atoms. The third-order valence-electron chi connectivity index (χ3n) is 5.71. The molecule has 0 radical (unpaired) electrons. The molecule has 1 aromatic rings. The van der Waals surface area contributed by atoms with Crippen molar-refractivity contribution in [2.24, 2.45) is 5.92 Å². The van der Waals surface area contributed by atoms with Crippen LogP contribution in [0.2, 0.25) is 0 Å². The molecule has 2 aliphatic carbocycles. The second kappa shape index (κ2) is 12.1. The van der Waals surface area contributed by atoms with Crippen LogP contribution >= 0.6 is 0 Å². The average Bonchev–Trinajstić information content (AvgIpc) is 3.22. The Morgan fingerprint density at radius 3 is 2.21 bits per heavy atom. The number of nitrogens with zero attached hydrogens (tertiary/aromatic N) is 1. The Hall–Kier alpha value is -2.56.